The number of hydrogen-bond donors (Lipinski definition) is 3. The summed E-state index contributed by atoms with van der Waals surface area (Å²) in [6.45, 7) is 6.03. The Bertz CT molecular complexity index is 526. The zero-order chi connectivity index (χ0) is 16.8. The van der Waals surface area contributed by atoms with Gasteiger partial charge in [0.1, 0.15) is 0 Å². The second kappa shape index (κ2) is 8.19. The van der Waals surface area contributed by atoms with E-state index in [1.807, 2.05) is 39.2 Å². The first-order chi connectivity index (χ1) is 10.3. The SMILES string of the molecule is CSc1ccccc1NC(=O)C(=O)NCC[C@@H](O)C(C)(C)C. The number of carbonyl (C=O) groups is 2. The molecule has 1 atom stereocenters. The van der Waals surface area contributed by atoms with Crippen LogP contribution < -0.4 is 10.6 Å². The van der Waals surface area contributed by atoms with Crippen LogP contribution in [0.3, 0.4) is 0 Å². The number of thioether (sulfide) groups is 1. The molecule has 2 amide bonds. The van der Waals surface area contributed by atoms with Gasteiger partial charge in [0.15, 0.2) is 0 Å². The Balaban J connectivity index is 2.48. The van der Waals surface area contributed by atoms with Crippen LogP contribution in [-0.2, 0) is 9.59 Å². The zero-order valence-electron chi connectivity index (χ0n) is 13.5. The zero-order valence-corrected chi connectivity index (χ0v) is 14.3. The Hall–Kier alpha value is -1.53. The van der Waals surface area contributed by atoms with E-state index in [-0.39, 0.29) is 12.0 Å². The quantitative estimate of drug-likeness (QED) is 0.573. The van der Waals surface area contributed by atoms with E-state index in [9.17, 15) is 14.7 Å². The van der Waals surface area contributed by atoms with Gasteiger partial charge in [0, 0.05) is 11.4 Å². The highest BCUT2D eigenvalue weighted by molar-refractivity contribution is 7.98. The first-order valence-electron chi connectivity index (χ1n) is 7.16. The lowest BCUT2D eigenvalue weighted by Crippen LogP contribution is -2.38. The van der Waals surface area contributed by atoms with Gasteiger partial charge in [-0.25, -0.2) is 0 Å². The Morgan fingerprint density at radius 2 is 1.86 bits per heavy atom. The summed E-state index contributed by atoms with van der Waals surface area (Å²) < 4.78 is 0. The standard InChI is InChI=1S/C16H24N2O3S/c1-16(2,3)13(19)9-10-17-14(20)15(21)18-11-7-5-6-8-12(11)22-4/h5-8,13,19H,9-10H2,1-4H3,(H,17,20)(H,18,21)/t13-/m1/s1. The summed E-state index contributed by atoms with van der Waals surface area (Å²) in [5.74, 6) is -1.40. The number of aliphatic hydroxyl groups is 1. The van der Waals surface area contributed by atoms with Crippen molar-refractivity contribution in [1.29, 1.82) is 0 Å². The van der Waals surface area contributed by atoms with E-state index < -0.39 is 17.9 Å². The van der Waals surface area contributed by atoms with Crippen molar-refractivity contribution >= 4 is 29.3 Å². The molecule has 1 aromatic rings. The van der Waals surface area contributed by atoms with Gasteiger partial charge >= 0.3 is 11.8 Å². The average Bonchev–Trinajstić information content (AvgIpc) is 2.46. The van der Waals surface area contributed by atoms with Crippen molar-refractivity contribution in [3.63, 3.8) is 0 Å². The van der Waals surface area contributed by atoms with Crippen LogP contribution in [0, 0.1) is 5.41 Å². The van der Waals surface area contributed by atoms with Crippen LogP contribution in [-0.4, -0.2) is 35.8 Å². The predicted molar refractivity (Wildman–Crippen MR) is 89.9 cm³/mol. The van der Waals surface area contributed by atoms with Gasteiger partial charge in [0.2, 0.25) is 0 Å². The molecule has 22 heavy (non-hydrogen) atoms. The first kappa shape index (κ1) is 18.5. The maximum atomic E-state index is 11.9. The van der Waals surface area contributed by atoms with Crippen molar-refractivity contribution < 1.29 is 14.7 Å². The molecule has 0 heterocycles. The molecule has 0 aromatic heterocycles. The third-order valence-electron chi connectivity index (χ3n) is 3.26. The number of anilines is 1. The minimum atomic E-state index is -0.702. The van der Waals surface area contributed by atoms with E-state index in [1.54, 1.807) is 12.1 Å². The highest BCUT2D eigenvalue weighted by Gasteiger charge is 2.22. The van der Waals surface area contributed by atoms with Crippen LogP contribution in [0.2, 0.25) is 0 Å². The van der Waals surface area contributed by atoms with E-state index >= 15 is 0 Å². The fourth-order valence-corrected chi connectivity index (χ4v) is 2.32. The number of hydrogen-bond acceptors (Lipinski definition) is 4. The van der Waals surface area contributed by atoms with Gasteiger partial charge in [0.25, 0.3) is 0 Å². The maximum absolute atomic E-state index is 11.9. The molecular formula is C16H24N2O3S. The molecule has 0 aliphatic heterocycles. The van der Waals surface area contributed by atoms with E-state index in [0.29, 0.717) is 12.1 Å². The molecule has 0 saturated heterocycles. The van der Waals surface area contributed by atoms with Gasteiger partial charge in [-0.1, -0.05) is 32.9 Å². The van der Waals surface area contributed by atoms with Gasteiger partial charge < -0.3 is 15.7 Å². The summed E-state index contributed by atoms with van der Waals surface area (Å²) in [5, 5.41) is 15.0. The first-order valence-corrected chi connectivity index (χ1v) is 8.38. The predicted octanol–water partition coefficient (Wildman–Crippen LogP) is 2.26. The molecule has 0 bridgehead atoms. The fourth-order valence-electron chi connectivity index (χ4n) is 1.76. The van der Waals surface area contributed by atoms with Crippen LogP contribution in [0.1, 0.15) is 27.2 Å². The van der Waals surface area contributed by atoms with Crippen LogP contribution >= 0.6 is 11.8 Å². The molecule has 0 radical (unpaired) electrons. The number of para-hydroxylation sites is 1. The molecule has 1 aromatic carbocycles. The van der Waals surface area contributed by atoms with Crippen LogP contribution in [0.25, 0.3) is 0 Å². The number of amides is 2. The smallest absolute Gasteiger partial charge is 0.313 e. The summed E-state index contributed by atoms with van der Waals surface area (Å²) in [5.41, 5.74) is 0.370. The Kier molecular flexibility index (Phi) is 6.90. The van der Waals surface area contributed by atoms with E-state index in [1.165, 1.54) is 11.8 Å². The molecule has 5 nitrogen and oxygen atoms in total. The molecular weight excluding hydrogens is 300 g/mol. The molecule has 0 aliphatic rings. The van der Waals surface area contributed by atoms with Crippen LogP contribution in [0.5, 0.6) is 0 Å². The minimum absolute atomic E-state index is 0.246. The van der Waals surface area contributed by atoms with E-state index in [4.69, 9.17) is 0 Å². The second-order valence-electron chi connectivity index (χ2n) is 6.08. The van der Waals surface area contributed by atoms with Crippen LogP contribution in [0.4, 0.5) is 5.69 Å². The molecule has 0 fully saturated rings. The fraction of sp³-hybridized carbons (Fsp3) is 0.500. The Morgan fingerprint density at radius 1 is 1.23 bits per heavy atom. The third-order valence-corrected chi connectivity index (χ3v) is 4.06. The normalized spacial score (nSPS) is 12.6. The molecule has 6 heteroatoms. The molecule has 0 unspecified atom stereocenters. The van der Waals surface area contributed by atoms with E-state index in [0.717, 1.165) is 4.90 Å². The summed E-state index contributed by atoms with van der Waals surface area (Å²) in [6, 6.07) is 7.29. The summed E-state index contributed by atoms with van der Waals surface area (Å²) in [6.07, 6.45) is 1.77. The lowest BCUT2D eigenvalue weighted by Gasteiger charge is -2.25. The Morgan fingerprint density at radius 3 is 2.45 bits per heavy atom. The van der Waals surface area contributed by atoms with E-state index in [2.05, 4.69) is 10.6 Å². The summed E-state index contributed by atoms with van der Waals surface area (Å²) in [7, 11) is 0. The van der Waals surface area contributed by atoms with Gasteiger partial charge in [-0.15, -0.1) is 11.8 Å². The highest BCUT2D eigenvalue weighted by atomic mass is 32.2. The maximum Gasteiger partial charge on any atom is 0.313 e. The van der Waals surface area contributed by atoms with Gasteiger partial charge in [0.05, 0.1) is 11.8 Å². The number of benzene rings is 1. The highest BCUT2D eigenvalue weighted by Crippen LogP contribution is 2.24. The number of carbonyl (C=O) groups excluding carboxylic acids is 2. The summed E-state index contributed by atoms with van der Waals surface area (Å²) in [4.78, 5) is 24.5. The van der Waals surface area contributed by atoms with Gasteiger partial charge in [-0.2, -0.15) is 0 Å². The number of rotatable bonds is 5. The molecule has 0 spiro atoms. The molecule has 0 aliphatic carbocycles. The number of nitrogens with one attached hydrogen (secondary N) is 2. The lowest BCUT2D eigenvalue weighted by molar-refractivity contribution is -0.136. The lowest BCUT2D eigenvalue weighted by atomic mass is 9.87. The van der Waals surface area contributed by atoms with Crippen LogP contribution in [0.15, 0.2) is 29.2 Å². The van der Waals surface area contributed by atoms with Crippen molar-refractivity contribution in [2.24, 2.45) is 5.41 Å². The summed E-state index contributed by atoms with van der Waals surface area (Å²) >= 11 is 1.49. The average molecular weight is 324 g/mol. The van der Waals surface area contributed by atoms with Gasteiger partial charge in [-0.3, -0.25) is 9.59 Å². The minimum Gasteiger partial charge on any atom is -0.393 e. The van der Waals surface area contributed by atoms with Crippen molar-refractivity contribution in [1.82, 2.24) is 5.32 Å². The molecule has 122 valence electrons. The number of aliphatic hydroxyl groups excluding tert-OH is 1. The topological polar surface area (TPSA) is 78.4 Å². The van der Waals surface area contributed by atoms with Crippen molar-refractivity contribution in [3.05, 3.63) is 24.3 Å². The van der Waals surface area contributed by atoms with Crippen molar-refractivity contribution in [2.75, 3.05) is 18.1 Å². The van der Waals surface area contributed by atoms with Crippen molar-refractivity contribution in [2.45, 2.75) is 38.2 Å². The largest absolute Gasteiger partial charge is 0.393 e. The third kappa shape index (κ3) is 5.69. The monoisotopic (exact) mass is 324 g/mol. The molecule has 0 saturated carbocycles. The molecule has 3 N–H and O–H groups in total. The van der Waals surface area contributed by atoms with Gasteiger partial charge in [-0.05, 0) is 30.2 Å². The second-order valence-corrected chi connectivity index (χ2v) is 6.93. The van der Waals surface area contributed by atoms with Crippen molar-refractivity contribution in [3.8, 4) is 0 Å². The Labute approximate surface area is 135 Å². The molecule has 1 rings (SSSR count).